The Morgan fingerprint density at radius 2 is 2.11 bits per heavy atom. The minimum atomic E-state index is -0.952. The summed E-state index contributed by atoms with van der Waals surface area (Å²) in [5.74, 6) is -0.952. The van der Waals surface area contributed by atoms with Gasteiger partial charge in [-0.3, -0.25) is 4.40 Å². The smallest absolute Gasteiger partial charge is 0.336 e. The van der Waals surface area contributed by atoms with Crippen LogP contribution < -0.4 is 0 Å². The predicted octanol–water partition coefficient (Wildman–Crippen LogP) is 3.46. The monoisotopic (exact) mass is 316 g/mol. The van der Waals surface area contributed by atoms with E-state index in [1.165, 1.54) is 0 Å². The van der Waals surface area contributed by atoms with Crippen LogP contribution in [0.4, 0.5) is 0 Å². The first-order valence-corrected chi connectivity index (χ1v) is 6.41. The lowest BCUT2D eigenvalue weighted by atomic mass is 10.1. The maximum absolute atomic E-state index is 11.2. The molecule has 5 heteroatoms. The number of carboxylic acid groups (broad SMARTS) is 1. The summed E-state index contributed by atoms with van der Waals surface area (Å²) in [6, 6.07) is 11.0. The molecule has 0 saturated heterocycles. The third-order valence-corrected chi connectivity index (χ3v) is 3.61. The lowest BCUT2D eigenvalue weighted by Gasteiger charge is -2.07. The van der Waals surface area contributed by atoms with Crippen LogP contribution in [0.1, 0.15) is 10.4 Å². The molecule has 4 nitrogen and oxygen atoms in total. The summed E-state index contributed by atoms with van der Waals surface area (Å²) in [7, 11) is 0. The third kappa shape index (κ3) is 2.02. The van der Waals surface area contributed by atoms with Crippen LogP contribution in [0.5, 0.6) is 0 Å². The van der Waals surface area contributed by atoms with Crippen molar-refractivity contribution >= 4 is 27.5 Å². The highest BCUT2D eigenvalue weighted by atomic mass is 79.9. The fraction of sp³-hybridized carbons (Fsp3) is 0. The molecule has 3 aromatic rings. The van der Waals surface area contributed by atoms with Gasteiger partial charge in [-0.1, -0.05) is 12.1 Å². The second-order valence-corrected chi connectivity index (χ2v) is 4.92. The van der Waals surface area contributed by atoms with Crippen molar-refractivity contribution in [2.75, 3.05) is 0 Å². The molecular weight excluding hydrogens is 308 g/mol. The molecule has 1 aromatic carbocycles. The summed E-state index contributed by atoms with van der Waals surface area (Å²) in [6.45, 7) is 0. The number of halogens is 1. The fourth-order valence-corrected chi connectivity index (χ4v) is 2.45. The Labute approximate surface area is 117 Å². The zero-order valence-electron chi connectivity index (χ0n) is 9.75. The van der Waals surface area contributed by atoms with E-state index in [9.17, 15) is 4.79 Å². The van der Waals surface area contributed by atoms with Crippen LogP contribution in [0.2, 0.25) is 0 Å². The Hall–Kier alpha value is -2.14. The first-order valence-electron chi connectivity index (χ1n) is 5.62. The number of aromatic nitrogens is 2. The van der Waals surface area contributed by atoms with Crippen molar-refractivity contribution in [1.29, 1.82) is 0 Å². The topological polar surface area (TPSA) is 54.6 Å². The molecule has 0 aliphatic heterocycles. The van der Waals surface area contributed by atoms with Gasteiger partial charge in [-0.15, -0.1) is 0 Å². The standard InChI is InChI=1S/C14H9BrN2O2/c15-11-5-4-9(8-10(11)14(18)19)12-2-1-3-13-16-6-7-17(12)13/h1-8H,(H,18,19). The molecule has 2 aromatic heterocycles. The van der Waals surface area contributed by atoms with Crippen molar-refractivity contribution in [3.63, 3.8) is 0 Å². The van der Waals surface area contributed by atoms with Gasteiger partial charge in [0.05, 0.1) is 11.3 Å². The van der Waals surface area contributed by atoms with E-state index in [0.29, 0.717) is 4.47 Å². The van der Waals surface area contributed by atoms with E-state index >= 15 is 0 Å². The van der Waals surface area contributed by atoms with Crippen molar-refractivity contribution in [3.05, 3.63) is 58.8 Å². The Kier molecular flexibility index (Phi) is 2.83. The average Bonchev–Trinajstić information content (AvgIpc) is 2.87. The molecule has 0 spiro atoms. The van der Waals surface area contributed by atoms with Gasteiger partial charge in [-0.25, -0.2) is 9.78 Å². The van der Waals surface area contributed by atoms with E-state index in [1.54, 1.807) is 18.3 Å². The van der Waals surface area contributed by atoms with Gasteiger partial charge < -0.3 is 5.11 Å². The Morgan fingerprint density at radius 1 is 1.26 bits per heavy atom. The third-order valence-electron chi connectivity index (χ3n) is 2.92. The molecule has 0 unspecified atom stereocenters. The van der Waals surface area contributed by atoms with Gasteiger partial charge in [0.15, 0.2) is 0 Å². The molecule has 0 saturated carbocycles. The van der Waals surface area contributed by atoms with Gasteiger partial charge in [-0.2, -0.15) is 0 Å². The van der Waals surface area contributed by atoms with Gasteiger partial charge in [0.25, 0.3) is 0 Å². The second kappa shape index (κ2) is 4.51. The summed E-state index contributed by atoms with van der Waals surface area (Å²) >= 11 is 3.25. The van der Waals surface area contributed by atoms with Crippen molar-refractivity contribution in [2.45, 2.75) is 0 Å². The van der Waals surface area contributed by atoms with Crippen LogP contribution in [-0.4, -0.2) is 20.5 Å². The quantitative estimate of drug-likeness (QED) is 0.787. The first-order chi connectivity index (χ1) is 9.16. The van der Waals surface area contributed by atoms with E-state index in [0.717, 1.165) is 16.9 Å². The lowest BCUT2D eigenvalue weighted by molar-refractivity contribution is 0.0696. The molecule has 0 fully saturated rings. The van der Waals surface area contributed by atoms with E-state index in [4.69, 9.17) is 5.11 Å². The minimum absolute atomic E-state index is 0.245. The van der Waals surface area contributed by atoms with Gasteiger partial charge in [0, 0.05) is 16.9 Å². The van der Waals surface area contributed by atoms with Crippen LogP contribution in [-0.2, 0) is 0 Å². The largest absolute Gasteiger partial charge is 0.478 e. The molecular formula is C14H9BrN2O2. The summed E-state index contributed by atoms with van der Waals surface area (Å²) < 4.78 is 2.50. The molecule has 1 N–H and O–H groups in total. The van der Waals surface area contributed by atoms with Gasteiger partial charge >= 0.3 is 5.97 Å². The first kappa shape index (κ1) is 11.9. The molecule has 2 heterocycles. The van der Waals surface area contributed by atoms with E-state index in [-0.39, 0.29) is 5.56 Å². The van der Waals surface area contributed by atoms with Crippen LogP contribution in [0.15, 0.2) is 53.3 Å². The van der Waals surface area contributed by atoms with Crippen LogP contribution >= 0.6 is 15.9 Å². The molecule has 0 amide bonds. The molecule has 0 atom stereocenters. The second-order valence-electron chi connectivity index (χ2n) is 4.07. The maximum Gasteiger partial charge on any atom is 0.336 e. The number of hydrogen-bond acceptors (Lipinski definition) is 2. The number of nitrogens with zero attached hydrogens (tertiary/aromatic N) is 2. The number of aromatic carboxylic acids is 1. The maximum atomic E-state index is 11.2. The summed E-state index contributed by atoms with van der Waals surface area (Å²) in [5.41, 5.74) is 2.82. The summed E-state index contributed by atoms with van der Waals surface area (Å²) in [5, 5.41) is 9.16. The zero-order valence-corrected chi connectivity index (χ0v) is 11.3. The lowest BCUT2D eigenvalue weighted by Crippen LogP contribution is -1.99. The number of hydrogen-bond donors (Lipinski definition) is 1. The van der Waals surface area contributed by atoms with Crippen LogP contribution in [0.25, 0.3) is 16.9 Å². The highest BCUT2D eigenvalue weighted by Crippen LogP contribution is 2.26. The van der Waals surface area contributed by atoms with Crippen LogP contribution in [0, 0.1) is 0 Å². The summed E-state index contributed by atoms with van der Waals surface area (Å²) in [6.07, 6.45) is 3.57. The van der Waals surface area contributed by atoms with Crippen molar-refractivity contribution in [2.24, 2.45) is 0 Å². The van der Waals surface area contributed by atoms with Crippen molar-refractivity contribution in [3.8, 4) is 11.3 Å². The molecule has 94 valence electrons. The highest BCUT2D eigenvalue weighted by Gasteiger charge is 2.11. The number of pyridine rings is 1. The molecule has 3 rings (SSSR count). The predicted molar refractivity (Wildman–Crippen MR) is 75.3 cm³/mol. The minimum Gasteiger partial charge on any atom is -0.478 e. The SMILES string of the molecule is O=C(O)c1cc(-c2cccc3nccn23)ccc1Br. The molecule has 0 radical (unpaired) electrons. The van der Waals surface area contributed by atoms with Crippen molar-refractivity contribution < 1.29 is 9.90 Å². The number of imidazole rings is 1. The van der Waals surface area contributed by atoms with Crippen molar-refractivity contribution in [1.82, 2.24) is 9.38 Å². The van der Waals surface area contributed by atoms with E-state index in [2.05, 4.69) is 20.9 Å². The molecule has 0 aliphatic carbocycles. The number of benzene rings is 1. The molecule has 0 bridgehead atoms. The van der Waals surface area contributed by atoms with Crippen LogP contribution in [0.3, 0.4) is 0 Å². The van der Waals surface area contributed by atoms with Gasteiger partial charge in [0.2, 0.25) is 0 Å². The number of carboxylic acids is 1. The zero-order chi connectivity index (χ0) is 13.4. The Balaban J connectivity index is 2.24. The Bertz CT molecular complexity index is 780. The normalized spacial score (nSPS) is 10.8. The van der Waals surface area contributed by atoms with E-state index in [1.807, 2.05) is 34.9 Å². The number of fused-ring (bicyclic) bond motifs is 1. The van der Waals surface area contributed by atoms with E-state index < -0.39 is 5.97 Å². The molecule has 0 aliphatic rings. The van der Waals surface area contributed by atoms with Gasteiger partial charge in [0.1, 0.15) is 5.65 Å². The highest BCUT2D eigenvalue weighted by molar-refractivity contribution is 9.10. The Morgan fingerprint density at radius 3 is 2.89 bits per heavy atom. The summed E-state index contributed by atoms with van der Waals surface area (Å²) in [4.78, 5) is 15.4. The fourth-order valence-electron chi connectivity index (χ4n) is 2.03. The van der Waals surface area contributed by atoms with Gasteiger partial charge in [-0.05, 0) is 45.8 Å². The number of rotatable bonds is 2. The molecule has 19 heavy (non-hydrogen) atoms. The number of carbonyl (C=O) groups is 1. The average molecular weight is 317 g/mol.